The van der Waals surface area contributed by atoms with E-state index < -0.39 is 10.0 Å². The van der Waals surface area contributed by atoms with Gasteiger partial charge in [-0.1, -0.05) is 6.07 Å². The lowest BCUT2D eigenvalue weighted by Crippen LogP contribution is -2.21. The maximum absolute atomic E-state index is 13.1. The lowest BCUT2D eigenvalue weighted by atomic mass is 10.0. The van der Waals surface area contributed by atoms with Crippen LogP contribution >= 0.6 is 0 Å². The first-order valence-corrected chi connectivity index (χ1v) is 10.9. The number of primary sulfonamides is 1. The molecule has 3 aromatic heterocycles. The van der Waals surface area contributed by atoms with Gasteiger partial charge in [-0.2, -0.15) is 0 Å². The number of aryl methyl sites for hydroxylation is 1. The van der Waals surface area contributed by atoms with E-state index in [-0.39, 0.29) is 10.6 Å². The lowest BCUT2D eigenvalue weighted by molar-refractivity contribution is 0.598. The second kappa shape index (κ2) is 6.86. The molecule has 2 aromatic carbocycles. The number of rotatable bonds is 3. The van der Waals surface area contributed by atoms with Crippen LogP contribution in [0.15, 0.2) is 82.9 Å². The molecular formula is C22H17N5O3S. The lowest BCUT2D eigenvalue weighted by Gasteiger charge is -2.08. The summed E-state index contributed by atoms with van der Waals surface area (Å²) in [6, 6.07) is 15.6. The summed E-state index contributed by atoms with van der Waals surface area (Å²) in [6.07, 6.45) is 5.12. The number of benzene rings is 2. The van der Waals surface area contributed by atoms with Gasteiger partial charge >= 0.3 is 5.69 Å². The zero-order valence-electron chi connectivity index (χ0n) is 16.4. The average Bonchev–Trinajstić information content (AvgIpc) is 3.04. The number of pyridine rings is 2. The summed E-state index contributed by atoms with van der Waals surface area (Å²) in [6.45, 7) is 0. The van der Waals surface area contributed by atoms with Crippen LogP contribution in [0.5, 0.6) is 0 Å². The van der Waals surface area contributed by atoms with Gasteiger partial charge in [0.15, 0.2) is 0 Å². The number of sulfonamides is 1. The molecule has 0 aliphatic heterocycles. The van der Waals surface area contributed by atoms with Crippen LogP contribution in [0, 0.1) is 0 Å². The third-order valence-corrected chi connectivity index (χ3v) is 6.25. The number of hydrogen-bond donors (Lipinski definition) is 1. The maximum Gasteiger partial charge on any atom is 0.333 e. The Balaban J connectivity index is 1.83. The Morgan fingerprint density at radius 1 is 0.935 bits per heavy atom. The number of nitrogens with zero attached hydrogens (tertiary/aromatic N) is 4. The molecule has 0 amide bonds. The van der Waals surface area contributed by atoms with Crippen molar-refractivity contribution >= 4 is 32.0 Å². The van der Waals surface area contributed by atoms with E-state index >= 15 is 0 Å². The van der Waals surface area contributed by atoms with Gasteiger partial charge in [0.2, 0.25) is 10.0 Å². The van der Waals surface area contributed by atoms with Crippen LogP contribution < -0.4 is 10.8 Å². The summed E-state index contributed by atoms with van der Waals surface area (Å²) >= 11 is 0. The minimum atomic E-state index is -3.83. The van der Waals surface area contributed by atoms with Crippen molar-refractivity contribution in [2.75, 3.05) is 0 Å². The summed E-state index contributed by atoms with van der Waals surface area (Å²) in [5, 5.41) is 6.01. The second-order valence-corrected chi connectivity index (χ2v) is 8.74. The van der Waals surface area contributed by atoms with Crippen LogP contribution in [-0.4, -0.2) is 27.5 Å². The normalized spacial score (nSPS) is 11.9. The second-order valence-electron chi connectivity index (χ2n) is 7.18. The molecule has 0 aliphatic carbocycles. The van der Waals surface area contributed by atoms with E-state index in [1.165, 1.54) is 16.7 Å². The molecule has 8 nitrogen and oxygen atoms in total. The highest BCUT2D eigenvalue weighted by molar-refractivity contribution is 7.89. The molecule has 0 unspecified atom stereocenters. The monoisotopic (exact) mass is 431 g/mol. The Hall–Kier alpha value is -3.82. The van der Waals surface area contributed by atoms with Crippen LogP contribution in [0.3, 0.4) is 0 Å². The Morgan fingerprint density at radius 2 is 1.65 bits per heavy atom. The molecule has 0 aliphatic rings. The molecule has 154 valence electrons. The van der Waals surface area contributed by atoms with Crippen molar-refractivity contribution in [3.05, 3.63) is 83.7 Å². The molecule has 0 fully saturated rings. The minimum Gasteiger partial charge on any atom is -0.293 e. The Morgan fingerprint density at radius 3 is 2.32 bits per heavy atom. The predicted octanol–water partition coefficient (Wildman–Crippen LogP) is 2.59. The molecule has 31 heavy (non-hydrogen) atoms. The highest BCUT2D eigenvalue weighted by atomic mass is 32.2. The molecule has 5 rings (SSSR count). The van der Waals surface area contributed by atoms with E-state index in [2.05, 4.69) is 9.97 Å². The predicted molar refractivity (Wildman–Crippen MR) is 118 cm³/mol. The largest absolute Gasteiger partial charge is 0.333 e. The molecule has 0 radical (unpaired) electrons. The van der Waals surface area contributed by atoms with Gasteiger partial charge in [0.25, 0.3) is 0 Å². The van der Waals surface area contributed by atoms with E-state index in [1.807, 2.05) is 30.3 Å². The fourth-order valence-electron chi connectivity index (χ4n) is 3.75. The van der Waals surface area contributed by atoms with Gasteiger partial charge in [0, 0.05) is 24.8 Å². The van der Waals surface area contributed by atoms with Crippen molar-refractivity contribution in [3.63, 3.8) is 0 Å². The fraction of sp³-hybridized carbons (Fsp3) is 0.0455. The zero-order valence-corrected chi connectivity index (χ0v) is 17.2. The molecule has 2 N–H and O–H groups in total. The van der Waals surface area contributed by atoms with E-state index in [0.29, 0.717) is 16.7 Å². The summed E-state index contributed by atoms with van der Waals surface area (Å²) in [5.41, 5.74) is 4.34. The van der Waals surface area contributed by atoms with Crippen LogP contribution in [-0.2, 0) is 17.1 Å². The van der Waals surface area contributed by atoms with Gasteiger partial charge in [-0.05, 0) is 59.7 Å². The first-order chi connectivity index (χ1) is 14.8. The standard InChI is InChI=1S/C22H17N5O3S/c1-26-20-13-25-19-7-2-15(14-8-10-24-11-9-14)12-18(19)21(20)27(22(26)28)16-3-5-17(6-4-16)31(23,29)30/h2-13H,1H3,(H2,23,29,30). The highest BCUT2D eigenvalue weighted by Gasteiger charge is 2.17. The molecule has 0 spiro atoms. The van der Waals surface area contributed by atoms with Crippen molar-refractivity contribution < 1.29 is 8.42 Å². The smallest absolute Gasteiger partial charge is 0.293 e. The van der Waals surface area contributed by atoms with Gasteiger partial charge in [-0.25, -0.2) is 18.4 Å². The van der Waals surface area contributed by atoms with Crippen molar-refractivity contribution in [2.24, 2.45) is 12.2 Å². The number of hydrogen-bond acceptors (Lipinski definition) is 5. The van der Waals surface area contributed by atoms with E-state index in [1.54, 1.807) is 42.3 Å². The van der Waals surface area contributed by atoms with E-state index in [4.69, 9.17) is 5.14 Å². The third-order valence-electron chi connectivity index (χ3n) is 5.32. The number of imidazole rings is 1. The maximum atomic E-state index is 13.1. The summed E-state index contributed by atoms with van der Waals surface area (Å²) in [4.78, 5) is 21.7. The summed E-state index contributed by atoms with van der Waals surface area (Å²) in [5.74, 6) is 0. The number of nitrogens with two attached hydrogens (primary N) is 1. The van der Waals surface area contributed by atoms with Crippen LogP contribution in [0.25, 0.3) is 38.8 Å². The van der Waals surface area contributed by atoms with Gasteiger partial charge in [-0.15, -0.1) is 0 Å². The van der Waals surface area contributed by atoms with Crippen molar-refractivity contribution in [2.45, 2.75) is 4.90 Å². The molecule has 0 bridgehead atoms. The Labute approximate surface area is 177 Å². The quantitative estimate of drug-likeness (QED) is 0.472. The van der Waals surface area contributed by atoms with Crippen molar-refractivity contribution in [3.8, 4) is 16.8 Å². The molecule has 0 saturated heterocycles. The zero-order chi connectivity index (χ0) is 21.8. The van der Waals surface area contributed by atoms with Crippen LogP contribution in [0.1, 0.15) is 0 Å². The van der Waals surface area contributed by atoms with Crippen LogP contribution in [0.2, 0.25) is 0 Å². The first kappa shape index (κ1) is 19.2. The van der Waals surface area contributed by atoms with Crippen molar-refractivity contribution in [1.29, 1.82) is 0 Å². The van der Waals surface area contributed by atoms with Gasteiger partial charge in [-0.3, -0.25) is 19.1 Å². The molecule has 3 heterocycles. The van der Waals surface area contributed by atoms with E-state index in [0.717, 1.165) is 22.0 Å². The molecular weight excluding hydrogens is 414 g/mol. The molecule has 5 aromatic rings. The molecule has 0 saturated carbocycles. The van der Waals surface area contributed by atoms with Crippen LogP contribution in [0.4, 0.5) is 0 Å². The highest BCUT2D eigenvalue weighted by Crippen LogP contribution is 2.29. The SMILES string of the molecule is Cn1c(=O)n(-c2ccc(S(N)(=O)=O)cc2)c2c3cc(-c4ccncc4)ccc3ncc21. The van der Waals surface area contributed by atoms with Gasteiger partial charge < -0.3 is 0 Å². The minimum absolute atomic E-state index is 0.0176. The Kier molecular flexibility index (Phi) is 4.24. The topological polar surface area (TPSA) is 113 Å². The number of fused-ring (bicyclic) bond motifs is 3. The van der Waals surface area contributed by atoms with Crippen molar-refractivity contribution in [1.82, 2.24) is 19.1 Å². The van der Waals surface area contributed by atoms with Gasteiger partial charge in [0.1, 0.15) is 0 Å². The molecule has 0 atom stereocenters. The fourth-order valence-corrected chi connectivity index (χ4v) is 4.26. The number of aromatic nitrogens is 4. The average molecular weight is 431 g/mol. The first-order valence-electron chi connectivity index (χ1n) is 9.38. The van der Waals surface area contributed by atoms with Gasteiger partial charge in [0.05, 0.1) is 33.3 Å². The summed E-state index contributed by atoms with van der Waals surface area (Å²) < 4.78 is 26.3. The molecule has 9 heteroatoms. The Bertz CT molecular complexity index is 1620. The van der Waals surface area contributed by atoms with E-state index in [9.17, 15) is 13.2 Å². The summed E-state index contributed by atoms with van der Waals surface area (Å²) in [7, 11) is -2.15. The third kappa shape index (κ3) is 3.11.